The lowest BCUT2D eigenvalue weighted by molar-refractivity contribution is -0.301. The molecule has 2 aliphatic heterocycles. The Kier molecular flexibility index (Phi) is 14.6. The summed E-state index contributed by atoms with van der Waals surface area (Å²) >= 11 is 1.54. The molecule has 0 bridgehead atoms. The zero-order valence-corrected chi connectivity index (χ0v) is 32.2. The van der Waals surface area contributed by atoms with E-state index in [1.165, 1.54) is 18.3 Å². The number of carbonyl (C=O) groups excluding carboxylic acids is 1. The minimum atomic E-state index is -1.86. The Morgan fingerprint density at radius 2 is 1.76 bits per heavy atom. The van der Waals surface area contributed by atoms with Gasteiger partial charge in [-0.3, -0.25) is 4.79 Å². The molecule has 2 saturated heterocycles. The summed E-state index contributed by atoms with van der Waals surface area (Å²) in [6.07, 6.45) is -5.82. The second kappa shape index (κ2) is 17.1. The Morgan fingerprint density at radius 3 is 2.31 bits per heavy atom. The highest BCUT2D eigenvalue weighted by atomic mass is 32.1. The van der Waals surface area contributed by atoms with E-state index in [0.717, 1.165) is 4.88 Å². The van der Waals surface area contributed by atoms with E-state index in [0.29, 0.717) is 17.8 Å². The summed E-state index contributed by atoms with van der Waals surface area (Å²) in [5, 5.41) is 57.9. The normalized spacial score (nSPS) is 43.0. The fraction of sp³-hybridized carbons (Fsp3) is 0.806. The highest BCUT2D eigenvalue weighted by Gasteiger charge is 2.51. The zero-order chi connectivity index (χ0) is 37.0. The molecule has 280 valence electrons. The highest BCUT2D eigenvalue weighted by molar-refractivity contribution is 7.12. The van der Waals surface area contributed by atoms with Crippen LogP contribution in [0.1, 0.15) is 86.5 Å². The van der Waals surface area contributed by atoms with Crippen LogP contribution in [-0.4, -0.2) is 124 Å². The van der Waals surface area contributed by atoms with Crippen molar-refractivity contribution in [3.8, 4) is 0 Å². The van der Waals surface area contributed by atoms with Crippen LogP contribution < -0.4 is 0 Å². The van der Waals surface area contributed by atoms with Gasteiger partial charge in [0.2, 0.25) is 0 Å². The third kappa shape index (κ3) is 9.36. The van der Waals surface area contributed by atoms with Gasteiger partial charge >= 0.3 is 5.97 Å². The molecule has 2 aliphatic rings. The Hall–Kier alpha value is -1.81. The van der Waals surface area contributed by atoms with Crippen LogP contribution in [0.25, 0.3) is 0 Å². The van der Waals surface area contributed by atoms with Crippen LogP contribution in [0.4, 0.5) is 0 Å². The standard InChI is InChI=1S/C36H61N3O9S/c1-13-27-36(9,44)31(42)21(4)28(38-37-24(7)26-15-14-16-49-26)19(2)18-35(8,45-12)32(22(5)29(40)23(6)33(43)47-27)48-34-30(41)25(39(10)11)17-20(3)46-34/h14-16,19-23,25,27,29-32,34,40-42,44H,13,17-18H2,1-12H3. The maximum Gasteiger partial charge on any atom is 0.311 e. The lowest BCUT2D eigenvalue weighted by atomic mass is 9.73. The predicted octanol–water partition coefficient (Wildman–Crippen LogP) is 3.87. The molecule has 0 saturated carbocycles. The van der Waals surface area contributed by atoms with Crippen molar-refractivity contribution in [2.24, 2.45) is 33.9 Å². The van der Waals surface area contributed by atoms with Crippen LogP contribution in [0, 0.1) is 23.7 Å². The third-order valence-electron chi connectivity index (χ3n) is 10.8. The summed E-state index contributed by atoms with van der Waals surface area (Å²) in [6, 6.07) is 3.64. The molecule has 0 aliphatic carbocycles. The average Bonchev–Trinajstić information content (AvgIpc) is 3.60. The van der Waals surface area contributed by atoms with Gasteiger partial charge in [-0.25, -0.2) is 0 Å². The van der Waals surface area contributed by atoms with E-state index in [-0.39, 0.29) is 25.0 Å². The number of methoxy groups -OCH3 is 1. The van der Waals surface area contributed by atoms with Crippen molar-refractivity contribution in [1.29, 1.82) is 0 Å². The first-order chi connectivity index (χ1) is 22.8. The summed E-state index contributed by atoms with van der Waals surface area (Å²) in [6.45, 7) is 15.9. The Bertz CT molecular complexity index is 1270. The largest absolute Gasteiger partial charge is 0.459 e. The van der Waals surface area contributed by atoms with Crippen LogP contribution in [0.3, 0.4) is 0 Å². The molecule has 0 aromatic carbocycles. The van der Waals surface area contributed by atoms with E-state index >= 15 is 0 Å². The molecule has 49 heavy (non-hydrogen) atoms. The second-order valence-electron chi connectivity index (χ2n) is 14.9. The fourth-order valence-corrected chi connectivity index (χ4v) is 8.12. The predicted molar refractivity (Wildman–Crippen MR) is 191 cm³/mol. The van der Waals surface area contributed by atoms with Gasteiger partial charge in [0.15, 0.2) is 6.29 Å². The SMILES string of the molecule is CCC1OC(=O)C(C)C(O)C(C)C(OC2OC(C)CC(N(C)C)C2O)C(C)(OC)CC(C)C(=NN=C(C)c2cccs2)C(C)C(O)C1(C)O. The quantitative estimate of drug-likeness (QED) is 0.186. The number of hydrogen-bond acceptors (Lipinski definition) is 13. The van der Waals surface area contributed by atoms with Crippen molar-refractivity contribution in [3.05, 3.63) is 22.4 Å². The summed E-state index contributed by atoms with van der Waals surface area (Å²) in [5.41, 5.74) is -1.81. The van der Waals surface area contributed by atoms with Crippen LogP contribution in [-0.2, 0) is 23.7 Å². The van der Waals surface area contributed by atoms with E-state index in [1.807, 2.05) is 64.2 Å². The topological polar surface area (TPSA) is 163 Å². The number of carbonyl (C=O) groups is 1. The number of rotatable bonds is 7. The number of hydrogen-bond donors (Lipinski definition) is 4. The van der Waals surface area contributed by atoms with E-state index < -0.39 is 77.7 Å². The van der Waals surface area contributed by atoms with Gasteiger partial charge in [0.1, 0.15) is 17.8 Å². The van der Waals surface area contributed by atoms with Gasteiger partial charge in [0.25, 0.3) is 0 Å². The van der Waals surface area contributed by atoms with Gasteiger partial charge in [-0.2, -0.15) is 10.2 Å². The molecule has 12 nitrogen and oxygen atoms in total. The first kappa shape index (κ1) is 41.6. The first-order valence-electron chi connectivity index (χ1n) is 17.5. The van der Waals surface area contributed by atoms with Gasteiger partial charge in [0, 0.05) is 30.7 Å². The zero-order valence-electron chi connectivity index (χ0n) is 31.4. The van der Waals surface area contributed by atoms with Crippen LogP contribution >= 0.6 is 11.3 Å². The third-order valence-corrected chi connectivity index (χ3v) is 11.7. The molecule has 14 unspecified atom stereocenters. The molecule has 3 rings (SSSR count). The highest BCUT2D eigenvalue weighted by Crippen LogP contribution is 2.39. The molecule has 13 heteroatoms. The molecule has 4 N–H and O–H groups in total. The maximum absolute atomic E-state index is 13.6. The van der Waals surface area contributed by atoms with Gasteiger partial charge in [0.05, 0.1) is 46.5 Å². The van der Waals surface area contributed by atoms with Crippen molar-refractivity contribution >= 4 is 28.7 Å². The molecule has 1 aromatic heterocycles. The molecule has 14 atom stereocenters. The van der Waals surface area contributed by atoms with E-state index in [2.05, 4.69) is 5.10 Å². The number of aliphatic hydroxyl groups excluding tert-OH is 3. The Labute approximate surface area is 296 Å². The maximum atomic E-state index is 13.6. The smallest absolute Gasteiger partial charge is 0.311 e. The van der Waals surface area contributed by atoms with Gasteiger partial charge in [-0.05, 0) is 85.3 Å². The molecule has 2 fully saturated rings. The van der Waals surface area contributed by atoms with Gasteiger partial charge in [-0.15, -0.1) is 11.3 Å². The van der Waals surface area contributed by atoms with Crippen molar-refractivity contribution in [2.45, 2.75) is 142 Å². The number of nitrogens with zero attached hydrogens (tertiary/aromatic N) is 3. The molecule has 0 radical (unpaired) electrons. The molecule has 0 amide bonds. The summed E-state index contributed by atoms with van der Waals surface area (Å²) in [5.74, 6) is -3.60. The lowest BCUT2D eigenvalue weighted by Crippen LogP contribution is -2.60. The van der Waals surface area contributed by atoms with Gasteiger partial charge in [-0.1, -0.05) is 33.8 Å². The van der Waals surface area contributed by atoms with Crippen LogP contribution in [0.5, 0.6) is 0 Å². The molecule has 1 aromatic rings. The number of ether oxygens (including phenoxy) is 4. The molecular weight excluding hydrogens is 650 g/mol. The monoisotopic (exact) mass is 711 g/mol. The van der Waals surface area contributed by atoms with Crippen LogP contribution in [0.15, 0.2) is 27.7 Å². The first-order valence-corrected chi connectivity index (χ1v) is 18.3. The minimum Gasteiger partial charge on any atom is -0.459 e. The fourth-order valence-electron chi connectivity index (χ4n) is 7.45. The van der Waals surface area contributed by atoms with Crippen molar-refractivity contribution in [3.63, 3.8) is 0 Å². The number of thiophene rings is 1. The van der Waals surface area contributed by atoms with E-state index in [1.54, 1.807) is 34.8 Å². The lowest BCUT2D eigenvalue weighted by Gasteiger charge is -2.48. The molecule has 0 spiro atoms. The summed E-state index contributed by atoms with van der Waals surface area (Å²) < 4.78 is 24.9. The molecule has 3 heterocycles. The number of cyclic esters (lactones) is 1. The van der Waals surface area contributed by atoms with Crippen molar-refractivity contribution < 1.29 is 44.2 Å². The Morgan fingerprint density at radius 1 is 1.10 bits per heavy atom. The summed E-state index contributed by atoms with van der Waals surface area (Å²) in [7, 11) is 5.34. The Balaban J connectivity index is 2.19. The van der Waals surface area contributed by atoms with E-state index in [4.69, 9.17) is 24.0 Å². The van der Waals surface area contributed by atoms with Crippen molar-refractivity contribution in [2.75, 3.05) is 21.2 Å². The van der Waals surface area contributed by atoms with Crippen molar-refractivity contribution in [1.82, 2.24) is 4.90 Å². The number of aliphatic hydroxyl groups is 4. The second-order valence-corrected chi connectivity index (χ2v) is 15.8. The number of likely N-dealkylation sites (N-methyl/N-ethyl adjacent to an activating group) is 1. The van der Waals surface area contributed by atoms with Gasteiger partial charge < -0.3 is 44.3 Å². The minimum absolute atomic E-state index is 0.216. The number of esters is 1. The average molecular weight is 712 g/mol. The summed E-state index contributed by atoms with van der Waals surface area (Å²) in [4.78, 5) is 16.5. The van der Waals surface area contributed by atoms with E-state index in [9.17, 15) is 25.2 Å². The molecular formula is C36H61N3O9S. The van der Waals surface area contributed by atoms with Crippen LogP contribution in [0.2, 0.25) is 0 Å².